The van der Waals surface area contributed by atoms with Gasteiger partial charge < -0.3 is 23.8 Å². The molecule has 0 aliphatic heterocycles. The molecule has 2 aromatic rings. The molecule has 1 fully saturated rings. The summed E-state index contributed by atoms with van der Waals surface area (Å²) in [6.45, 7) is 2.06. The molecule has 0 radical (unpaired) electrons. The molecule has 180 valence electrons. The molecule has 1 heterocycles. The van der Waals surface area contributed by atoms with E-state index in [1.54, 1.807) is 12.0 Å². The third-order valence-corrected chi connectivity index (χ3v) is 6.30. The van der Waals surface area contributed by atoms with E-state index in [-0.39, 0.29) is 31.0 Å². The molecule has 1 aromatic heterocycles. The number of carbonyl (C=O) groups excluding carboxylic acids is 2. The molecule has 1 aliphatic carbocycles. The molecule has 0 bridgehead atoms. The van der Waals surface area contributed by atoms with E-state index < -0.39 is 0 Å². The third-order valence-electron chi connectivity index (χ3n) is 6.30. The van der Waals surface area contributed by atoms with Crippen molar-refractivity contribution in [3.05, 3.63) is 59.9 Å². The number of methoxy groups -OCH3 is 2. The first-order valence-corrected chi connectivity index (χ1v) is 11.9. The number of hydrogen-bond donors (Lipinski definition) is 0. The van der Waals surface area contributed by atoms with Crippen LogP contribution in [0.2, 0.25) is 0 Å². The van der Waals surface area contributed by atoms with Crippen LogP contribution in [-0.2, 0) is 32.2 Å². The smallest absolute Gasteiger partial charge is 0.249 e. The standard InChI is InChI=1S/C26H37N3O4/c1-32-17-16-28(26(31)21-33-2)20-25(30)29(23-12-7-4-8-13-23)19-24-14-9-15-27(24)18-22-10-5-3-6-11-22/h3,5-6,9-11,14-15,23H,4,7-8,12-13,16-21H2,1-2H3. The summed E-state index contributed by atoms with van der Waals surface area (Å²) in [4.78, 5) is 29.6. The van der Waals surface area contributed by atoms with E-state index in [4.69, 9.17) is 9.47 Å². The van der Waals surface area contributed by atoms with Crippen LogP contribution < -0.4 is 0 Å². The SMILES string of the molecule is COCCN(CC(=O)N(Cc1cccn1Cc1ccccc1)C1CCCCC1)C(=O)COC. The lowest BCUT2D eigenvalue weighted by Crippen LogP contribution is -2.48. The highest BCUT2D eigenvalue weighted by molar-refractivity contribution is 5.85. The fourth-order valence-corrected chi connectivity index (χ4v) is 4.48. The Hall–Kier alpha value is -2.64. The normalized spacial score (nSPS) is 14.2. The van der Waals surface area contributed by atoms with Crippen molar-refractivity contribution >= 4 is 11.8 Å². The molecule has 1 aliphatic rings. The second kappa shape index (κ2) is 13.2. The minimum absolute atomic E-state index is 0.0186. The molecular formula is C26H37N3O4. The third kappa shape index (κ3) is 7.44. The second-order valence-corrected chi connectivity index (χ2v) is 8.67. The molecular weight excluding hydrogens is 418 g/mol. The van der Waals surface area contributed by atoms with Crippen LogP contribution in [0.3, 0.4) is 0 Å². The maximum absolute atomic E-state index is 13.6. The van der Waals surface area contributed by atoms with E-state index in [1.165, 1.54) is 19.1 Å². The average Bonchev–Trinajstić information content (AvgIpc) is 3.27. The van der Waals surface area contributed by atoms with E-state index in [0.717, 1.165) is 37.9 Å². The van der Waals surface area contributed by atoms with E-state index >= 15 is 0 Å². The van der Waals surface area contributed by atoms with E-state index in [0.29, 0.717) is 19.7 Å². The van der Waals surface area contributed by atoms with Crippen LogP contribution in [0.1, 0.15) is 43.4 Å². The van der Waals surface area contributed by atoms with Crippen LogP contribution in [0.15, 0.2) is 48.7 Å². The van der Waals surface area contributed by atoms with Gasteiger partial charge in [0.05, 0.1) is 19.7 Å². The van der Waals surface area contributed by atoms with Gasteiger partial charge in [0.1, 0.15) is 6.61 Å². The summed E-state index contributed by atoms with van der Waals surface area (Å²) < 4.78 is 12.4. The lowest BCUT2D eigenvalue weighted by atomic mass is 9.94. The lowest BCUT2D eigenvalue weighted by Gasteiger charge is -2.36. The zero-order chi connectivity index (χ0) is 23.5. The topological polar surface area (TPSA) is 64.0 Å². The first-order valence-electron chi connectivity index (χ1n) is 11.9. The van der Waals surface area contributed by atoms with Crippen LogP contribution in [-0.4, -0.2) is 72.7 Å². The first kappa shape index (κ1) is 25.0. The summed E-state index contributed by atoms with van der Waals surface area (Å²) in [5.74, 6) is -0.214. The van der Waals surface area contributed by atoms with Gasteiger partial charge in [-0.3, -0.25) is 9.59 Å². The number of benzene rings is 1. The highest BCUT2D eigenvalue weighted by Gasteiger charge is 2.28. The molecule has 3 rings (SSSR count). The fourth-order valence-electron chi connectivity index (χ4n) is 4.48. The molecule has 7 nitrogen and oxygen atoms in total. The van der Waals surface area contributed by atoms with Gasteiger partial charge in [0.15, 0.2) is 0 Å². The van der Waals surface area contributed by atoms with Gasteiger partial charge in [-0.25, -0.2) is 0 Å². The zero-order valence-electron chi connectivity index (χ0n) is 19.9. The van der Waals surface area contributed by atoms with Gasteiger partial charge in [0, 0.05) is 45.2 Å². The number of aromatic nitrogens is 1. The Bertz CT molecular complexity index is 861. The van der Waals surface area contributed by atoms with Gasteiger partial charge in [-0.05, 0) is 30.5 Å². The van der Waals surface area contributed by atoms with Crippen molar-refractivity contribution in [3.63, 3.8) is 0 Å². The Balaban J connectivity index is 1.76. The summed E-state index contributed by atoms with van der Waals surface area (Å²) in [5.41, 5.74) is 2.32. The van der Waals surface area contributed by atoms with Crippen molar-refractivity contribution in [2.75, 3.05) is 40.5 Å². The van der Waals surface area contributed by atoms with Gasteiger partial charge in [-0.1, -0.05) is 49.6 Å². The molecule has 1 saturated carbocycles. The van der Waals surface area contributed by atoms with Crippen molar-refractivity contribution in [2.24, 2.45) is 0 Å². The number of ether oxygens (including phenoxy) is 2. The van der Waals surface area contributed by atoms with Crippen LogP contribution in [0, 0.1) is 0 Å². The molecule has 0 unspecified atom stereocenters. The Kier molecular flexibility index (Phi) is 9.97. The Morgan fingerprint density at radius 1 is 0.970 bits per heavy atom. The van der Waals surface area contributed by atoms with E-state index in [9.17, 15) is 9.59 Å². The van der Waals surface area contributed by atoms with Crippen molar-refractivity contribution in [1.29, 1.82) is 0 Å². The number of hydrogen-bond acceptors (Lipinski definition) is 4. The summed E-state index contributed by atoms with van der Waals surface area (Å²) in [6, 6.07) is 14.7. The molecule has 0 N–H and O–H groups in total. The number of rotatable bonds is 12. The minimum Gasteiger partial charge on any atom is -0.383 e. The van der Waals surface area contributed by atoms with Gasteiger partial charge >= 0.3 is 0 Å². The van der Waals surface area contributed by atoms with E-state index in [1.807, 2.05) is 29.2 Å². The van der Waals surface area contributed by atoms with Gasteiger partial charge in [-0.2, -0.15) is 0 Å². The molecule has 1 aromatic carbocycles. The Morgan fingerprint density at radius 3 is 2.42 bits per heavy atom. The van der Waals surface area contributed by atoms with Crippen molar-refractivity contribution in [2.45, 2.75) is 51.2 Å². The summed E-state index contributed by atoms with van der Waals surface area (Å²) >= 11 is 0. The van der Waals surface area contributed by atoms with Crippen LogP contribution in [0.4, 0.5) is 0 Å². The number of amides is 2. The van der Waals surface area contributed by atoms with Crippen LogP contribution in [0.5, 0.6) is 0 Å². The first-order chi connectivity index (χ1) is 16.1. The van der Waals surface area contributed by atoms with Crippen molar-refractivity contribution < 1.29 is 19.1 Å². The summed E-state index contributed by atoms with van der Waals surface area (Å²) in [7, 11) is 3.08. The molecule has 0 spiro atoms. The highest BCUT2D eigenvalue weighted by atomic mass is 16.5. The fraction of sp³-hybridized carbons (Fsp3) is 0.538. The maximum atomic E-state index is 13.6. The largest absolute Gasteiger partial charge is 0.383 e. The van der Waals surface area contributed by atoms with Crippen LogP contribution >= 0.6 is 0 Å². The highest BCUT2D eigenvalue weighted by Crippen LogP contribution is 2.25. The number of carbonyl (C=O) groups is 2. The number of nitrogens with zero attached hydrogens (tertiary/aromatic N) is 3. The lowest BCUT2D eigenvalue weighted by molar-refractivity contribution is -0.145. The molecule has 2 amide bonds. The van der Waals surface area contributed by atoms with Gasteiger partial charge in [-0.15, -0.1) is 0 Å². The molecule has 0 atom stereocenters. The quantitative estimate of drug-likeness (QED) is 0.493. The predicted molar refractivity (Wildman–Crippen MR) is 128 cm³/mol. The van der Waals surface area contributed by atoms with Crippen molar-refractivity contribution in [3.8, 4) is 0 Å². The zero-order valence-corrected chi connectivity index (χ0v) is 19.9. The monoisotopic (exact) mass is 455 g/mol. The van der Waals surface area contributed by atoms with Crippen LogP contribution in [0.25, 0.3) is 0 Å². The molecule has 7 heteroatoms. The Morgan fingerprint density at radius 2 is 1.73 bits per heavy atom. The summed E-state index contributed by atoms with van der Waals surface area (Å²) in [5, 5.41) is 0. The molecule has 0 saturated heterocycles. The minimum atomic E-state index is -0.195. The second-order valence-electron chi connectivity index (χ2n) is 8.67. The van der Waals surface area contributed by atoms with Gasteiger partial charge in [0.25, 0.3) is 0 Å². The predicted octanol–water partition coefficient (Wildman–Crippen LogP) is 3.32. The maximum Gasteiger partial charge on any atom is 0.249 e. The van der Waals surface area contributed by atoms with Gasteiger partial charge in [0.2, 0.25) is 11.8 Å². The molecule has 33 heavy (non-hydrogen) atoms. The van der Waals surface area contributed by atoms with E-state index in [2.05, 4.69) is 29.0 Å². The van der Waals surface area contributed by atoms with Crippen molar-refractivity contribution in [1.82, 2.24) is 14.4 Å². The Labute approximate surface area is 197 Å². The summed E-state index contributed by atoms with van der Waals surface area (Å²) in [6.07, 6.45) is 7.57. The average molecular weight is 456 g/mol.